The Hall–Kier alpha value is -0.510. The van der Waals surface area contributed by atoms with Crippen molar-refractivity contribution in [1.29, 1.82) is 0 Å². The number of nitrogens with one attached hydrogen (secondary N) is 1. The monoisotopic (exact) mass is 223 g/mol. The lowest BCUT2D eigenvalue weighted by Gasteiger charge is -2.30. The van der Waals surface area contributed by atoms with Crippen LogP contribution >= 0.6 is 11.8 Å². The summed E-state index contributed by atoms with van der Waals surface area (Å²) in [6.07, 6.45) is 2.10. The van der Waals surface area contributed by atoms with E-state index in [0.29, 0.717) is 12.1 Å². The second-order valence-electron chi connectivity index (χ2n) is 3.90. The van der Waals surface area contributed by atoms with Crippen LogP contribution in [0.5, 0.6) is 0 Å². The van der Waals surface area contributed by atoms with Gasteiger partial charge in [-0.15, -0.1) is 11.8 Å². The Morgan fingerprint density at radius 3 is 2.47 bits per heavy atom. The maximum atomic E-state index is 5.14. The molecule has 0 aliphatic carbocycles. The number of benzene rings is 1. The van der Waals surface area contributed by atoms with Gasteiger partial charge in [-0.3, -0.25) is 0 Å². The Labute approximate surface area is 95.4 Å². The van der Waals surface area contributed by atoms with E-state index in [1.165, 1.54) is 10.5 Å². The summed E-state index contributed by atoms with van der Waals surface area (Å²) < 4.78 is 5.14. The number of thioether (sulfide) groups is 1. The van der Waals surface area contributed by atoms with Crippen molar-refractivity contribution >= 4 is 11.8 Å². The summed E-state index contributed by atoms with van der Waals surface area (Å²) in [5.41, 5.74) is 1.35. The highest BCUT2D eigenvalue weighted by Crippen LogP contribution is 2.19. The SMILES string of the molecule is CSc1ccc(C(C)NC2COC2)cc1. The van der Waals surface area contributed by atoms with Crippen LogP contribution in [-0.4, -0.2) is 25.5 Å². The van der Waals surface area contributed by atoms with E-state index in [9.17, 15) is 0 Å². The lowest BCUT2D eigenvalue weighted by atomic mass is 10.1. The van der Waals surface area contributed by atoms with Crippen LogP contribution in [0.15, 0.2) is 29.2 Å². The molecule has 0 aromatic heterocycles. The fraction of sp³-hybridized carbons (Fsp3) is 0.500. The molecule has 1 aromatic carbocycles. The predicted molar refractivity (Wildman–Crippen MR) is 64.4 cm³/mol. The van der Waals surface area contributed by atoms with Crippen LogP contribution < -0.4 is 5.32 Å². The summed E-state index contributed by atoms with van der Waals surface area (Å²) in [5.74, 6) is 0. The summed E-state index contributed by atoms with van der Waals surface area (Å²) in [6, 6.07) is 9.70. The van der Waals surface area contributed by atoms with Gasteiger partial charge in [-0.1, -0.05) is 12.1 Å². The van der Waals surface area contributed by atoms with E-state index in [1.54, 1.807) is 11.8 Å². The Morgan fingerprint density at radius 2 is 2.00 bits per heavy atom. The van der Waals surface area contributed by atoms with E-state index in [-0.39, 0.29) is 0 Å². The van der Waals surface area contributed by atoms with Gasteiger partial charge in [0, 0.05) is 10.9 Å². The Kier molecular flexibility index (Phi) is 3.67. The largest absolute Gasteiger partial charge is 0.378 e. The zero-order chi connectivity index (χ0) is 10.7. The van der Waals surface area contributed by atoms with Gasteiger partial charge in [0.25, 0.3) is 0 Å². The van der Waals surface area contributed by atoms with Gasteiger partial charge in [0.15, 0.2) is 0 Å². The molecular formula is C12H17NOS. The third-order valence-corrected chi connectivity index (χ3v) is 3.48. The summed E-state index contributed by atoms with van der Waals surface area (Å²) in [6.45, 7) is 3.91. The Morgan fingerprint density at radius 1 is 1.33 bits per heavy atom. The molecule has 0 radical (unpaired) electrons. The molecule has 1 heterocycles. The van der Waals surface area contributed by atoms with E-state index in [2.05, 4.69) is 42.8 Å². The van der Waals surface area contributed by atoms with Crippen LogP contribution in [0.2, 0.25) is 0 Å². The van der Waals surface area contributed by atoms with Gasteiger partial charge in [-0.25, -0.2) is 0 Å². The van der Waals surface area contributed by atoms with Crippen molar-refractivity contribution in [3.05, 3.63) is 29.8 Å². The average molecular weight is 223 g/mol. The molecule has 1 aromatic rings. The van der Waals surface area contributed by atoms with Crippen LogP contribution in [0.3, 0.4) is 0 Å². The molecule has 15 heavy (non-hydrogen) atoms. The van der Waals surface area contributed by atoms with Crippen molar-refractivity contribution in [1.82, 2.24) is 5.32 Å². The standard InChI is InChI=1S/C12H17NOS/c1-9(13-11-7-14-8-11)10-3-5-12(15-2)6-4-10/h3-6,9,11,13H,7-8H2,1-2H3. The summed E-state index contributed by atoms with van der Waals surface area (Å²) in [4.78, 5) is 1.32. The molecule has 0 amide bonds. The minimum absolute atomic E-state index is 0.412. The maximum absolute atomic E-state index is 5.14. The lowest BCUT2D eigenvalue weighted by molar-refractivity contribution is -0.00925. The molecule has 3 heteroatoms. The summed E-state index contributed by atoms with van der Waals surface area (Å²) in [7, 11) is 0. The predicted octanol–water partition coefficient (Wildman–Crippen LogP) is 2.46. The van der Waals surface area contributed by atoms with Crippen molar-refractivity contribution < 1.29 is 4.74 Å². The Bertz CT molecular complexity index is 308. The van der Waals surface area contributed by atoms with Gasteiger partial charge in [0.05, 0.1) is 19.3 Å². The normalized spacial score (nSPS) is 18.5. The van der Waals surface area contributed by atoms with Gasteiger partial charge < -0.3 is 10.1 Å². The highest BCUT2D eigenvalue weighted by atomic mass is 32.2. The molecule has 1 aliphatic heterocycles. The zero-order valence-corrected chi connectivity index (χ0v) is 10.0. The van der Waals surface area contributed by atoms with E-state index in [1.807, 2.05) is 0 Å². The molecule has 0 spiro atoms. The van der Waals surface area contributed by atoms with E-state index in [4.69, 9.17) is 4.74 Å². The van der Waals surface area contributed by atoms with Crippen LogP contribution in [0.25, 0.3) is 0 Å². The second-order valence-corrected chi connectivity index (χ2v) is 4.78. The van der Waals surface area contributed by atoms with Gasteiger partial charge in [-0.05, 0) is 30.9 Å². The van der Waals surface area contributed by atoms with Crippen molar-refractivity contribution in [2.75, 3.05) is 19.5 Å². The minimum atomic E-state index is 0.412. The first kappa shape index (κ1) is 11.0. The highest BCUT2D eigenvalue weighted by Gasteiger charge is 2.20. The number of hydrogen-bond acceptors (Lipinski definition) is 3. The molecule has 2 nitrogen and oxygen atoms in total. The molecule has 0 bridgehead atoms. The third kappa shape index (κ3) is 2.74. The minimum Gasteiger partial charge on any atom is -0.378 e. The van der Waals surface area contributed by atoms with E-state index >= 15 is 0 Å². The smallest absolute Gasteiger partial charge is 0.0643 e. The lowest BCUT2D eigenvalue weighted by Crippen LogP contribution is -2.46. The molecule has 2 rings (SSSR count). The molecule has 0 saturated carbocycles. The van der Waals surface area contributed by atoms with Gasteiger partial charge in [-0.2, -0.15) is 0 Å². The van der Waals surface area contributed by atoms with Crippen LogP contribution in [0, 0.1) is 0 Å². The third-order valence-electron chi connectivity index (χ3n) is 2.74. The quantitative estimate of drug-likeness (QED) is 0.792. The molecule has 82 valence electrons. The molecule has 1 N–H and O–H groups in total. The first-order valence-corrected chi connectivity index (χ1v) is 6.50. The van der Waals surface area contributed by atoms with Crippen LogP contribution in [-0.2, 0) is 4.74 Å². The molecule has 1 fully saturated rings. The van der Waals surface area contributed by atoms with Gasteiger partial charge in [0.1, 0.15) is 0 Å². The fourth-order valence-corrected chi connectivity index (χ4v) is 2.08. The topological polar surface area (TPSA) is 21.3 Å². The van der Waals surface area contributed by atoms with Crippen LogP contribution in [0.4, 0.5) is 0 Å². The Balaban J connectivity index is 1.94. The van der Waals surface area contributed by atoms with Gasteiger partial charge >= 0.3 is 0 Å². The molecular weight excluding hydrogens is 206 g/mol. The van der Waals surface area contributed by atoms with Crippen molar-refractivity contribution in [2.45, 2.75) is 23.9 Å². The summed E-state index contributed by atoms with van der Waals surface area (Å²) in [5, 5.41) is 3.54. The molecule has 1 unspecified atom stereocenters. The first-order valence-electron chi connectivity index (χ1n) is 5.27. The van der Waals surface area contributed by atoms with E-state index < -0.39 is 0 Å². The van der Waals surface area contributed by atoms with Crippen molar-refractivity contribution in [3.63, 3.8) is 0 Å². The van der Waals surface area contributed by atoms with Crippen molar-refractivity contribution in [3.8, 4) is 0 Å². The average Bonchev–Trinajstić information content (AvgIpc) is 2.23. The number of rotatable bonds is 4. The zero-order valence-electron chi connectivity index (χ0n) is 9.19. The molecule has 1 saturated heterocycles. The fourth-order valence-electron chi connectivity index (χ4n) is 1.67. The highest BCUT2D eigenvalue weighted by molar-refractivity contribution is 7.98. The first-order chi connectivity index (χ1) is 7.29. The second kappa shape index (κ2) is 5.01. The number of ether oxygens (including phenoxy) is 1. The van der Waals surface area contributed by atoms with E-state index in [0.717, 1.165) is 13.2 Å². The molecule has 1 aliphatic rings. The van der Waals surface area contributed by atoms with Gasteiger partial charge in [0.2, 0.25) is 0 Å². The van der Waals surface area contributed by atoms with Crippen molar-refractivity contribution in [2.24, 2.45) is 0 Å². The van der Waals surface area contributed by atoms with Crippen LogP contribution in [0.1, 0.15) is 18.5 Å². The maximum Gasteiger partial charge on any atom is 0.0643 e. The number of hydrogen-bond donors (Lipinski definition) is 1. The molecule has 1 atom stereocenters. The summed E-state index contributed by atoms with van der Waals surface area (Å²) >= 11 is 1.78.